The van der Waals surface area contributed by atoms with Gasteiger partial charge in [-0.3, -0.25) is 0 Å². The first kappa shape index (κ1) is 15.0. The maximum atomic E-state index is 3.79. The van der Waals surface area contributed by atoms with Crippen LogP contribution in [0.2, 0.25) is 0 Å². The molecule has 0 aromatic carbocycles. The maximum absolute atomic E-state index is 3.79. The molecule has 0 amide bonds. The molecule has 0 heterocycles. The zero-order valence-corrected chi connectivity index (χ0v) is 12.2. The molecule has 1 heteroatoms. The lowest BCUT2D eigenvalue weighted by atomic mass is 9.75. The minimum atomic E-state index is 0.557. The summed E-state index contributed by atoms with van der Waals surface area (Å²) in [5.41, 5.74) is 0.557. The van der Waals surface area contributed by atoms with E-state index < -0.39 is 0 Å². The predicted octanol–water partition coefficient (Wildman–Crippen LogP) is 5.05. The average molecular weight is 239 g/mol. The van der Waals surface area contributed by atoms with Gasteiger partial charge in [-0.15, -0.1) is 0 Å². The van der Waals surface area contributed by atoms with Crippen LogP contribution in [0.25, 0.3) is 0 Å². The summed E-state index contributed by atoms with van der Waals surface area (Å²) < 4.78 is 0. The molecule has 0 aromatic heterocycles. The van der Waals surface area contributed by atoms with Crippen molar-refractivity contribution in [2.75, 3.05) is 6.54 Å². The van der Waals surface area contributed by atoms with E-state index in [-0.39, 0.29) is 0 Å². The van der Waals surface area contributed by atoms with Crippen molar-refractivity contribution in [2.45, 2.75) is 96.4 Å². The first-order chi connectivity index (χ1) is 8.33. The van der Waals surface area contributed by atoms with Gasteiger partial charge in [-0.05, 0) is 38.6 Å². The zero-order chi connectivity index (χ0) is 12.4. The van der Waals surface area contributed by atoms with Crippen LogP contribution in [0, 0.1) is 0 Å². The summed E-state index contributed by atoms with van der Waals surface area (Å²) in [6.07, 6.45) is 17.0. The minimum Gasteiger partial charge on any atom is -0.311 e. The van der Waals surface area contributed by atoms with E-state index in [0.717, 1.165) is 0 Å². The predicted molar refractivity (Wildman–Crippen MR) is 77.5 cm³/mol. The summed E-state index contributed by atoms with van der Waals surface area (Å²) in [6, 6.07) is 0. The molecule has 102 valence electrons. The van der Waals surface area contributed by atoms with Gasteiger partial charge in [-0.25, -0.2) is 0 Å². The molecule has 0 saturated heterocycles. The first-order valence-electron chi connectivity index (χ1n) is 8.08. The van der Waals surface area contributed by atoms with Gasteiger partial charge >= 0.3 is 0 Å². The Kier molecular flexibility index (Phi) is 7.92. The Hall–Kier alpha value is -0.0400. The number of rotatable bonds is 11. The van der Waals surface area contributed by atoms with E-state index in [4.69, 9.17) is 0 Å². The van der Waals surface area contributed by atoms with Crippen LogP contribution in [0.5, 0.6) is 0 Å². The SMILES string of the molecule is CCCCCCCCCCNC1(CC)CCC1. The fraction of sp³-hybridized carbons (Fsp3) is 1.00. The van der Waals surface area contributed by atoms with Gasteiger partial charge in [0.05, 0.1) is 0 Å². The van der Waals surface area contributed by atoms with E-state index in [1.165, 1.54) is 83.6 Å². The van der Waals surface area contributed by atoms with E-state index in [9.17, 15) is 0 Å². The summed E-state index contributed by atoms with van der Waals surface area (Å²) in [7, 11) is 0. The van der Waals surface area contributed by atoms with Crippen LogP contribution in [0.4, 0.5) is 0 Å². The zero-order valence-electron chi connectivity index (χ0n) is 12.2. The van der Waals surface area contributed by atoms with Crippen LogP contribution in [-0.4, -0.2) is 12.1 Å². The molecule has 0 atom stereocenters. The molecule has 1 aliphatic carbocycles. The van der Waals surface area contributed by atoms with Crippen LogP contribution in [0.1, 0.15) is 90.9 Å². The van der Waals surface area contributed by atoms with Gasteiger partial charge in [0.1, 0.15) is 0 Å². The van der Waals surface area contributed by atoms with Gasteiger partial charge < -0.3 is 5.32 Å². The molecule has 0 radical (unpaired) electrons. The largest absolute Gasteiger partial charge is 0.311 e. The highest BCUT2D eigenvalue weighted by Crippen LogP contribution is 2.34. The van der Waals surface area contributed by atoms with Gasteiger partial charge in [-0.1, -0.05) is 58.8 Å². The van der Waals surface area contributed by atoms with Crippen molar-refractivity contribution in [1.82, 2.24) is 5.32 Å². The van der Waals surface area contributed by atoms with Gasteiger partial charge in [0, 0.05) is 5.54 Å². The summed E-state index contributed by atoms with van der Waals surface area (Å²) >= 11 is 0. The quantitative estimate of drug-likeness (QED) is 0.498. The molecule has 0 aliphatic heterocycles. The van der Waals surface area contributed by atoms with E-state index in [1.807, 2.05) is 0 Å². The molecule has 0 bridgehead atoms. The smallest absolute Gasteiger partial charge is 0.0178 e. The van der Waals surface area contributed by atoms with Gasteiger partial charge in [0.15, 0.2) is 0 Å². The topological polar surface area (TPSA) is 12.0 Å². The van der Waals surface area contributed by atoms with Crippen LogP contribution in [0.15, 0.2) is 0 Å². The third-order valence-corrected chi connectivity index (χ3v) is 4.52. The molecule has 1 fully saturated rings. The van der Waals surface area contributed by atoms with Crippen molar-refractivity contribution in [3.8, 4) is 0 Å². The van der Waals surface area contributed by atoms with Crippen molar-refractivity contribution in [2.24, 2.45) is 0 Å². The first-order valence-corrected chi connectivity index (χ1v) is 8.08. The van der Waals surface area contributed by atoms with Crippen LogP contribution in [-0.2, 0) is 0 Å². The third kappa shape index (κ3) is 5.90. The average Bonchev–Trinajstić information content (AvgIpc) is 2.30. The summed E-state index contributed by atoms with van der Waals surface area (Å²) in [6.45, 7) is 5.87. The van der Waals surface area contributed by atoms with E-state index in [2.05, 4.69) is 19.2 Å². The highest BCUT2D eigenvalue weighted by molar-refractivity contribution is 4.94. The Morgan fingerprint density at radius 2 is 1.41 bits per heavy atom. The normalized spacial score (nSPS) is 18.0. The molecule has 1 nitrogen and oxygen atoms in total. The second-order valence-corrected chi connectivity index (χ2v) is 5.89. The molecule has 1 saturated carbocycles. The Balaban J connectivity index is 1.81. The summed E-state index contributed by atoms with van der Waals surface area (Å²) in [4.78, 5) is 0. The number of hydrogen-bond acceptors (Lipinski definition) is 1. The van der Waals surface area contributed by atoms with Crippen LogP contribution < -0.4 is 5.32 Å². The molecule has 1 N–H and O–H groups in total. The lowest BCUT2D eigenvalue weighted by Gasteiger charge is -2.42. The maximum Gasteiger partial charge on any atom is 0.0178 e. The van der Waals surface area contributed by atoms with Crippen LogP contribution >= 0.6 is 0 Å². The minimum absolute atomic E-state index is 0.557. The highest BCUT2D eigenvalue weighted by atomic mass is 15.0. The fourth-order valence-corrected chi connectivity index (χ4v) is 2.87. The fourth-order valence-electron chi connectivity index (χ4n) is 2.87. The van der Waals surface area contributed by atoms with E-state index in [1.54, 1.807) is 0 Å². The molecule has 17 heavy (non-hydrogen) atoms. The summed E-state index contributed by atoms with van der Waals surface area (Å²) in [5.74, 6) is 0. The number of nitrogens with one attached hydrogen (secondary N) is 1. The van der Waals surface area contributed by atoms with Gasteiger partial charge in [0.2, 0.25) is 0 Å². The second-order valence-electron chi connectivity index (χ2n) is 5.89. The second kappa shape index (κ2) is 8.97. The molecular formula is C16H33N. The lowest BCUT2D eigenvalue weighted by molar-refractivity contribution is 0.177. The number of hydrogen-bond donors (Lipinski definition) is 1. The molecule has 0 unspecified atom stereocenters. The number of unbranched alkanes of at least 4 members (excludes halogenated alkanes) is 7. The monoisotopic (exact) mass is 239 g/mol. The van der Waals surface area contributed by atoms with Crippen molar-refractivity contribution in [3.63, 3.8) is 0 Å². The van der Waals surface area contributed by atoms with Gasteiger partial charge in [0.25, 0.3) is 0 Å². The van der Waals surface area contributed by atoms with Crippen molar-refractivity contribution in [3.05, 3.63) is 0 Å². The summed E-state index contributed by atoms with van der Waals surface area (Å²) in [5, 5.41) is 3.79. The van der Waals surface area contributed by atoms with E-state index >= 15 is 0 Å². The van der Waals surface area contributed by atoms with Crippen molar-refractivity contribution >= 4 is 0 Å². The van der Waals surface area contributed by atoms with Crippen LogP contribution in [0.3, 0.4) is 0 Å². The molecule has 0 aromatic rings. The third-order valence-electron chi connectivity index (χ3n) is 4.52. The van der Waals surface area contributed by atoms with Crippen molar-refractivity contribution < 1.29 is 0 Å². The van der Waals surface area contributed by atoms with Gasteiger partial charge in [-0.2, -0.15) is 0 Å². The van der Waals surface area contributed by atoms with Crippen molar-refractivity contribution in [1.29, 1.82) is 0 Å². The Morgan fingerprint density at radius 1 is 0.824 bits per heavy atom. The van der Waals surface area contributed by atoms with E-state index in [0.29, 0.717) is 5.54 Å². The lowest BCUT2D eigenvalue weighted by Crippen LogP contribution is -2.50. The molecular weight excluding hydrogens is 206 g/mol. The Bertz CT molecular complexity index is 167. The Labute approximate surface area is 109 Å². The molecule has 1 rings (SSSR count). The molecule has 1 aliphatic rings. The Morgan fingerprint density at radius 3 is 1.88 bits per heavy atom. The molecule has 0 spiro atoms. The highest BCUT2D eigenvalue weighted by Gasteiger charge is 2.33. The standard InChI is InChI=1S/C16H33N/c1-3-5-6-7-8-9-10-11-15-17-16(4-2)13-12-14-16/h17H,3-15H2,1-2H3.